The Bertz CT molecular complexity index is 322. The van der Waals surface area contributed by atoms with Gasteiger partial charge in [-0.25, -0.2) is 0 Å². The van der Waals surface area contributed by atoms with Crippen molar-refractivity contribution >= 4 is 0 Å². The molecular formula is C13H20N2. The highest BCUT2D eigenvalue weighted by molar-refractivity contribution is 5.29. The predicted molar refractivity (Wildman–Crippen MR) is 62.8 cm³/mol. The molecule has 2 N–H and O–H groups in total. The molecule has 1 aliphatic carbocycles. The Balaban J connectivity index is 2.06. The lowest BCUT2D eigenvalue weighted by Gasteiger charge is -2.18. The summed E-state index contributed by atoms with van der Waals surface area (Å²) in [4.78, 5) is 4.49. The fraction of sp³-hybridized carbons (Fsp3) is 0.615. The van der Waals surface area contributed by atoms with Gasteiger partial charge in [0.1, 0.15) is 0 Å². The Morgan fingerprint density at radius 1 is 1.60 bits per heavy atom. The smallest absolute Gasteiger partial charge is 0.0482 e. The van der Waals surface area contributed by atoms with Gasteiger partial charge in [-0.1, -0.05) is 25.8 Å². The number of aromatic nitrogens is 1. The van der Waals surface area contributed by atoms with E-state index in [1.54, 1.807) is 0 Å². The average molecular weight is 204 g/mol. The summed E-state index contributed by atoms with van der Waals surface area (Å²) in [6, 6.07) is 4.52. The summed E-state index contributed by atoms with van der Waals surface area (Å²) >= 11 is 0. The number of hydrogen-bond acceptors (Lipinski definition) is 2. The van der Waals surface area contributed by atoms with Crippen molar-refractivity contribution in [1.82, 2.24) is 4.98 Å². The van der Waals surface area contributed by atoms with E-state index >= 15 is 0 Å². The SMILES string of the molecule is CCCCC(N)C1CCc2cccnc21. The lowest BCUT2D eigenvalue weighted by molar-refractivity contribution is 0.474. The monoisotopic (exact) mass is 204 g/mol. The molecule has 0 saturated carbocycles. The van der Waals surface area contributed by atoms with E-state index in [0.29, 0.717) is 12.0 Å². The molecule has 2 rings (SSSR count). The molecule has 2 atom stereocenters. The minimum absolute atomic E-state index is 0.307. The Labute approximate surface area is 91.9 Å². The fourth-order valence-electron chi connectivity index (χ4n) is 2.50. The number of aryl methyl sites for hydroxylation is 1. The standard InChI is InChI=1S/C13H20N2/c1-2-3-6-12(14)11-8-7-10-5-4-9-15-13(10)11/h4-5,9,11-12H,2-3,6-8,14H2,1H3. The Morgan fingerprint density at radius 3 is 3.27 bits per heavy atom. The molecule has 1 heterocycles. The van der Waals surface area contributed by atoms with E-state index in [1.165, 1.54) is 30.5 Å². The number of pyridine rings is 1. The molecule has 2 nitrogen and oxygen atoms in total. The second kappa shape index (κ2) is 4.75. The maximum absolute atomic E-state index is 6.24. The van der Waals surface area contributed by atoms with Gasteiger partial charge in [-0.15, -0.1) is 0 Å². The lowest BCUT2D eigenvalue weighted by Crippen LogP contribution is -2.27. The van der Waals surface area contributed by atoms with Crippen LogP contribution in [0.25, 0.3) is 0 Å². The zero-order chi connectivity index (χ0) is 10.7. The highest BCUT2D eigenvalue weighted by atomic mass is 14.7. The summed E-state index contributed by atoms with van der Waals surface area (Å²) in [5.74, 6) is 0.507. The average Bonchev–Trinajstić information content (AvgIpc) is 2.69. The molecule has 0 amide bonds. The van der Waals surface area contributed by atoms with Crippen molar-refractivity contribution in [2.75, 3.05) is 0 Å². The van der Waals surface area contributed by atoms with Crippen LogP contribution in [0.5, 0.6) is 0 Å². The van der Waals surface area contributed by atoms with Crippen molar-refractivity contribution in [3.63, 3.8) is 0 Å². The minimum Gasteiger partial charge on any atom is -0.327 e. The zero-order valence-corrected chi connectivity index (χ0v) is 9.45. The molecule has 0 aromatic carbocycles. The van der Waals surface area contributed by atoms with Crippen LogP contribution in [-0.4, -0.2) is 11.0 Å². The van der Waals surface area contributed by atoms with Gasteiger partial charge in [0.15, 0.2) is 0 Å². The molecule has 2 heteroatoms. The van der Waals surface area contributed by atoms with Crippen LogP contribution in [0, 0.1) is 0 Å². The molecule has 0 bridgehead atoms. The molecule has 0 spiro atoms. The van der Waals surface area contributed by atoms with Gasteiger partial charge in [-0.2, -0.15) is 0 Å². The van der Waals surface area contributed by atoms with E-state index in [0.717, 1.165) is 12.8 Å². The zero-order valence-electron chi connectivity index (χ0n) is 9.45. The highest BCUT2D eigenvalue weighted by Gasteiger charge is 2.28. The number of unbranched alkanes of at least 4 members (excludes halogenated alkanes) is 1. The van der Waals surface area contributed by atoms with Gasteiger partial charge in [0.05, 0.1) is 0 Å². The first-order chi connectivity index (χ1) is 7.33. The fourth-order valence-corrected chi connectivity index (χ4v) is 2.50. The maximum atomic E-state index is 6.24. The maximum Gasteiger partial charge on any atom is 0.0482 e. The first-order valence-corrected chi connectivity index (χ1v) is 6.02. The van der Waals surface area contributed by atoms with Gasteiger partial charge in [0.25, 0.3) is 0 Å². The van der Waals surface area contributed by atoms with Crippen LogP contribution in [0.15, 0.2) is 18.3 Å². The molecule has 1 aromatic heterocycles. The molecule has 0 aliphatic heterocycles. The molecule has 15 heavy (non-hydrogen) atoms. The Morgan fingerprint density at radius 2 is 2.47 bits per heavy atom. The second-order valence-corrected chi connectivity index (χ2v) is 4.50. The van der Waals surface area contributed by atoms with Crippen LogP contribution < -0.4 is 5.73 Å². The number of rotatable bonds is 4. The largest absolute Gasteiger partial charge is 0.327 e. The van der Waals surface area contributed by atoms with Gasteiger partial charge in [0.2, 0.25) is 0 Å². The molecule has 1 aliphatic rings. The van der Waals surface area contributed by atoms with E-state index in [-0.39, 0.29) is 0 Å². The van der Waals surface area contributed by atoms with Crippen molar-refractivity contribution in [2.24, 2.45) is 5.73 Å². The van der Waals surface area contributed by atoms with E-state index < -0.39 is 0 Å². The quantitative estimate of drug-likeness (QED) is 0.818. The number of hydrogen-bond donors (Lipinski definition) is 1. The molecule has 0 radical (unpaired) electrons. The van der Waals surface area contributed by atoms with Crippen molar-refractivity contribution in [3.05, 3.63) is 29.6 Å². The van der Waals surface area contributed by atoms with E-state index in [2.05, 4.69) is 18.0 Å². The van der Waals surface area contributed by atoms with E-state index in [4.69, 9.17) is 5.73 Å². The van der Waals surface area contributed by atoms with Crippen molar-refractivity contribution in [3.8, 4) is 0 Å². The van der Waals surface area contributed by atoms with Crippen LogP contribution in [-0.2, 0) is 6.42 Å². The third-order valence-electron chi connectivity index (χ3n) is 3.41. The molecule has 1 aromatic rings. The molecule has 0 fully saturated rings. The lowest BCUT2D eigenvalue weighted by atomic mass is 9.93. The summed E-state index contributed by atoms with van der Waals surface area (Å²) in [7, 11) is 0. The van der Waals surface area contributed by atoms with Crippen molar-refractivity contribution < 1.29 is 0 Å². The molecule has 2 unspecified atom stereocenters. The molecular weight excluding hydrogens is 184 g/mol. The Hall–Kier alpha value is -0.890. The third kappa shape index (κ3) is 2.20. The Kier molecular flexibility index (Phi) is 3.37. The molecule has 82 valence electrons. The predicted octanol–water partition coefficient (Wildman–Crippen LogP) is 2.63. The summed E-state index contributed by atoms with van der Waals surface area (Å²) in [5, 5.41) is 0. The molecule has 0 saturated heterocycles. The van der Waals surface area contributed by atoms with Crippen LogP contribution in [0.1, 0.15) is 49.8 Å². The van der Waals surface area contributed by atoms with Crippen LogP contribution >= 0.6 is 0 Å². The van der Waals surface area contributed by atoms with Gasteiger partial charge in [0, 0.05) is 23.9 Å². The normalized spacial score (nSPS) is 21.3. The van der Waals surface area contributed by atoms with Crippen LogP contribution in [0.4, 0.5) is 0 Å². The first-order valence-electron chi connectivity index (χ1n) is 6.02. The number of nitrogens with two attached hydrogens (primary N) is 1. The second-order valence-electron chi connectivity index (χ2n) is 4.50. The highest BCUT2D eigenvalue weighted by Crippen LogP contribution is 2.34. The topological polar surface area (TPSA) is 38.9 Å². The first kappa shape index (κ1) is 10.6. The number of fused-ring (bicyclic) bond motifs is 1. The third-order valence-corrected chi connectivity index (χ3v) is 3.41. The van der Waals surface area contributed by atoms with Crippen molar-refractivity contribution in [2.45, 2.75) is 51.0 Å². The van der Waals surface area contributed by atoms with Crippen LogP contribution in [0.3, 0.4) is 0 Å². The van der Waals surface area contributed by atoms with Crippen molar-refractivity contribution in [1.29, 1.82) is 0 Å². The van der Waals surface area contributed by atoms with E-state index in [9.17, 15) is 0 Å². The van der Waals surface area contributed by atoms with Gasteiger partial charge < -0.3 is 5.73 Å². The summed E-state index contributed by atoms with van der Waals surface area (Å²) in [6.07, 6.45) is 7.85. The summed E-state index contributed by atoms with van der Waals surface area (Å²) < 4.78 is 0. The van der Waals surface area contributed by atoms with Gasteiger partial charge in [-0.05, 0) is 30.9 Å². The summed E-state index contributed by atoms with van der Waals surface area (Å²) in [5.41, 5.74) is 8.92. The van der Waals surface area contributed by atoms with Gasteiger partial charge in [-0.3, -0.25) is 4.98 Å². The minimum atomic E-state index is 0.307. The number of nitrogens with zero attached hydrogens (tertiary/aromatic N) is 1. The van der Waals surface area contributed by atoms with E-state index in [1.807, 2.05) is 12.3 Å². The van der Waals surface area contributed by atoms with Gasteiger partial charge >= 0.3 is 0 Å². The summed E-state index contributed by atoms with van der Waals surface area (Å²) in [6.45, 7) is 2.22. The van der Waals surface area contributed by atoms with Crippen LogP contribution in [0.2, 0.25) is 0 Å².